The van der Waals surface area contributed by atoms with Crippen LogP contribution in [0, 0.1) is 0 Å². The van der Waals surface area contributed by atoms with Gasteiger partial charge >= 0.3 is 127 Å². The maximum Gasteiger partial charge on any atom is 1.00 e. The van der Waals surface area contributed by atoms with Crippen LogP contribution in [0.5, 0.6) is 0 Å². The second-order valence-electron chi connectivity index (χ2n) is 1.80. The van der Waals surface area contributed by atoms with Crippen molar-refractivity contribution in [2.75, 3.05) is 0 Å². The van der Waals surface area contributed by atoms with Crippen molar-refractivity contribution in [1.29, 1.82) is 0 Å². The number of carbonyl (C=O) groups excluding carboxylic acids is 2. The minimum absolute atomic E-state index is 0. The number of hydrogen-bond donors (Lipinski definition) is 4. The SMILES string of the molecule is O=C(O)C(=O)O.O=C(O)C(=O)O.O=C([O-])C(=O)[O-].[K+].[K+].[Ti]. The van der Waals surface area contributed by atoms with Crippen molar-refractivity contribution < 1.29 is 184 Å². The van der Waals surface area contributed by atoms with E-state index in [0.29, 0.717) is 0 Å². The first-order valence-corrected chi connectivity index (χ1v) is 3.28. The van der Waals surface area contributed by atoms with Crippen molar-refractivity contribution in [2.45, 2.75) is 0 Å². The summed E-state index contributed by atoms with van der Waals surface area (Å²) in [6.45, 7) is 0. The standard InChI is InChI=1S/3C2H2O4.2K.Ti/c3*3-1(4)2(5)6;;;/h3*(H,3,4)(H,5,6);;;/q;;;2*+1;/p-2. The minimum Gasteiger partial charge on any atom is -0.543 e. The normalized spacial score (nSPS) is 6.29. The molecule has 0 saturated heterocycles. The summed E-state index contributed by atoms with van der Waals surface area (Å²) in [5.41, 5.74) is 0. The smallest absolute Gasteiger partial charge is 0.543 e. The average molecular weight is 394 g/mol. The Kier molecular flexibility index (Phi) is 41.5. The molecule has 21 heavy (non-hydrogen) atoms. The Morgan fingerprint density at radius 3 is 0.619 bits per heavy atom. The summed E-state index contributed by atoms with van der Waals surface area (Å²) < 4.78 is 0. The van der Waals surface area contributed by atoms with Gasteiger partial charge in [0.15, 0.2) is 0 Å². The van der Waals surface area contributed by atoms with Crippen LogP contribution in [0.3, 0.4) is 0 Å². The van der Waals surface area contributed by atoms with Crippen LogP contribution in [-0.2, 0) is 50.5 Å². The van der Waals surface area contributed by atoms with Crippen LogP contribution >= 0.6 is 0 Å². The Balaban J connectivity index is -0.0000000375. The maximum absolute atomic E-state index is 9.10. The summed E-state index contributed by atoms with van der Waals surface area (Å²) in [6, 6.07) is 0. The van der Waals surface area contributed by atoms with Crippen LogP contribution in [0.25, 0.3) is 0 Å². The summed E-state index contributed by atoms with van der Waals surface area (Å²) >= 11 is 0. The number of aliphatic carboxylic acids is 6. The summed E-state index contributed by atoms with van der Waals surface area (Å²) in [7, 11) is 0. The molecule has 4 N–H and O–H groups in total. The van der Waals surface area contributed by atoms with Gasteiger partial charge in [0, 0.05) is 21.7 Å². The summed E-state index contributed by atoms with van der Waals surface area (Å²) in [5, 5.41) is 47.4. The van der Waals surface area contributed by atoms with Gasteiger partial charge in [-0.05, 0) is 0 Å². The van der Waals surface area contributed by atoms with Gasteiger partial charge in [0.05, 0.1) is 11.9 Å². The molecule has 0 aliphatic heterocycles. The Hall–Kier alpha value is 0.807. The third-order valence-electron chi connectivity index (χ3n) is 0.533. The van der Waals surface area contributed by atoms with E-state index in [1.807, 2.05) is 0 Å². The Labute approximate surface area is 215 Å². The molecule has 15 heteroatoms. The minimum atomic E-state index is -2.19. The fourth-order valence-corrected chi connectivity index (χ4v) is 0. The molecule has 0 unspecified atom stereocenters. The first-order chi connectivity index (χ1) is 7.93. The quantitative estimate of drug-likeness (QED) is 0.222. The van der Waals surface area contributed by atoms with Crippen molar-refractivity contribution >= 4 is 35.8 Å². The zero-order chi connectivity index (χ0) is 15.5. The van der Waals surface area contributed by atoms with Crippen LogP contribution in [0.1, 0.15) is 0 Å². The van der Waals surface area contributed by atoms with Crippen molar-refractivity contribution in [2.24, 2.45) is 0 Å². The maximum atomic E-state index is 9.10. The first-order valence-electron chi connectivity index (χ1n) is 3.28. The fourth-order valence-electron chi connectivity index (χ4n) is 0. The molecule has 0 fully saturated rings. The molecular formula is C6H4K2O12Ti. The zero-order valence-corrected chi connectivity index (χ0v) is 18.4. The Bertz CT molecular complexity index is 287. The van der Waals surface area contributed by atoms with E-state index in [0.717, 1.165) is 0 Å². The molecule has 0 aromatic carbocycles. The van der Waals surface area contributed by atoms with Gasteiger partial charge in [0.1, 0.15) is 0 Å². The Morgan fingerprint density at radius 1 is 0.524 bits per heavy atom. The van der Waals surface area contributed by atoms with Gasteiger partial charge < -0.3 is 40.2 Å². The van der Waals surface area contributed by atoms with Gasteiger partial charge in [-0.3, -0.25) is 0 Å². The topological polar surface area (TPSA) is 229 Å². The van der Waals surface area contributed by atoms with E-state index in [1.54, 1.807) is 0 Å². The molecule has 0 radical (unpaired) electrons. The second kappa shape index (κ2) is 23.1. The van der Waals surface area contributed by atoms with Gasteiger partial charge in [0.25, 0.3) is 0 Å². The predicted molar refractivity (Wildman–Crippen MR) is 40.6 cm³/mol. The van der Waals surface area contributed by atoms with E-state index in [9.17, 15) is 0 Å². The molecule has 0 saturated carbocycles. The van der Waals surface area contributed by atoms with Gasteiger partial charge in [-0.15, -0.1) is 0 Å². The van der Waals surface area contributed by atoms with Gasteiger partial charge in [-0.25, -0.2) is 19.2 Å². The van der Waals surface area contributed by atoms with Crippen LogP contribution in [-0.4, -0.2) is 56.2 Å². The summed E-state index contributed by atoms with van der Waals surface area (Å²) in [5.74, 6) is -11.7. The number of carboxylic acid groups (broad SMARTS) is 6. The molecule has 0 heterocycles. The molecule has 0 aromatic heterocycles. The van der Waals surface area contributed by atoms with Crippen molar-refractivity contribution in [3.05, 3.63) is 0 Å². The number of rotatable bonds is 0. The predicted octanol–water partition coefficient (Wildman–Crippen LogP) is -11.2. The van der Waals surface area contributed by atoms with Crippen LogP contribution in [0.15, 0.2) is 0 Å². The molecule has 0 aliphatic rings. The molecule has 0 bridgehead atoms. The summed E-state index contributed by atoms with van der Waals surface area (Å²) in [6.07, 6.45) is 0. The molecule has 0 aliphatic carbocycles. The molecular weight excluding hydrogens is 390 g/mol. The largest absolute Gasteiger partial charge is 1.00 e. The Morgan fingerprint density at radius 2 is 0.619 bits per heavy atom. The van der Waals surface area contributed by atoms with Crippen LogP contribution < -0.4 is 113 Å². The third kappa shape index (κ3) is 44.9. The van der Waals surface area contributed by atoms with Gasteiger partial charge in [0.2, 0.25) is 0 Å². The average Bonchev–Trinajstić information content (AvgIpc) is 2.18. The van der Waals surface area contributed by atoms with Crippen molar-refractivity contribution in [3.8, 4) is 0 Å². The number of carbonyl (C=O) groups is 6. The van der Waals surface area contributed by atoms with E-state index in [2.05, 4.69) is 0 Å². The molecule has 106 valence electrons. The molecule has 0 aromatic rings. The number of hydrogen-bond acceptors (Lipinski definition) is 8. The summed E-state index contributed by atoms with van der Waals surface area (Å²) in [4.78, 5) is 54.2. The molecule has 0 amide bonds. The molecule has 12 nitrogen and oxygen atoms in total. The van der Waals surface area contributed by atoms with E-state index >= 15 is 0 Å². The van der Waals surface area contributed by atoms with Crippen molar-refractivity contribution in [1.82, 2.24) is 0 Å². The molecule has 0 rings (SSSR count). The molecule has 0 atom stereocenters. The molecule has 0 spiro atoms. The zero-order valence-electron chi connectivity index (χ0n) is 10.6. The fraction of sp³-hybridized carbons (Fsp3) is 0. The van der Waals surface area contributed by atoms with E-state index in [-0.39, 0.29) is 124 Å². The van der Waals surface area contributed by atoms with E-state index in [1.165, 1.54) is 0 Å². The van der Waals surface area contributed by atoms with Crippen molar-refractivity contribution in [3.63, 3.8) is 0 Å². The second-order valence-corrected chi connectivity index (χ2v) is 1.80. The van der Waals surface area contributed by atoms with Gasteiger partial charge in [-0.1, -0.05) is 0 Å². The van der Waals surface area contributed by atoms with E-state index in [4.69, 9.17) is 59.4 Å². The van der Waals surface area contributed by atoms with Crippen LogP contribution in [0.2, 0.25) is 0 Å². The monoisotopic (exact) mass is 394 g/mol. The van der Waals surface area contributed by atoms with Gasteiger partial charge in [-0.2, -0.15) is 0 Å². The van der Waals surface area contributed by atoms with E-state index < -0.39 is 35.8 Å². The number of carboxylic acids is 6. The third-order valence-corrected chi connectivity index (χ3v) is 0.533. The van der Waals surface area contributed by atoms with Crippen LogP contribution in [0.4, 0.5) is 0 Å². The first kappa shape index (κ1) is 37.8.